The first-order valence-electron chi connectivity index (χ1n) is 9.61. The average Bonchev–Trinajstić information content (AvgIpc) is 3.44. The normalized spacial score (nSPS) is 16.9. The highest BCUT2D eigenvalue weighted by atomic mass is 35.5. The molecule has 2 heterocycles. The fourth-order valence-corrected chi connectivity index (χ4v) is 3.76. The minimum absolute atomic E-state index is 0.0567. The number of hydrogen-bond acceptors (Lipinski definition) is 4. The molecule has 1 aromatic heterocycles. The maximum atomic E-state index is 12.8. The molecule has 1 aliphatic carbocycles. The molecule has 0 atom stereocenters. The van der Waals surface area contributed by atoms with Crippen LogP contribution in [0.2, 0.25) is 5.02 Å². The van der Waals surface area contributed by atoms with Crippen molar-refractivity contribution in [1.82, 2.24) is 10.3 Å². The van der Waals surface area contributed by atoms with Crippen molar-refractivity contribution in [3.05, 3.63) is 52.7 Å². The molecule has 1 aromatic carbocycles. The monoisotopic (exact) mass is 398 g/mol. The summed E-state index contributed by atoms with van der Waals surface area (Å²) >= 11 is 5.96. The van der Waals surface area contributed by atoms with E-state index in [-0.39, 0.29) is 23.9 Å². The third-order valence-electron chi connectivity index (χ3n) is 5.34. The van der Waals surface area contributed by atoms with Gasteiger partial charge in [-0.05, 0) is 43.0 Å². The van der Waals surface area contributed by atoms with Gasteiger partial charge in [0.05, 0.1) is 24.3 Å². The molecular weight excluding hydrogens is 376 g/mol. The van der Waals surface area contributed by atoms with Gasteiger partial charge in [-0.25, -0.2) is 4.98 Å². The second-order valence-corrected chi connectivity index (χ2v) is 7.97. The summed E-state index contributed by atoms with van der Waals surface area (Å²) in [4.78, 5) is 31.4. The predicted molar refractivity (Wildman–Crippen MR) is 110 cm³/mol. The molecule has 0 unspecified atom stereocenters. The van der Waals surface area contributed by atoms with Crippen LogP contribution < -0.4 is 15.5 Å². The van der Waals surface area contributed by atoms with E-state index in [1.165, 1.54) is 0 Å². The minimum atomic E-state index is -0.134. The Kier molecular flexibility index (Phi) is 4.98. The van der Waals surface area contributed by atoms with Gasteiger partial charge in [-0.15, -0.1) is 0 Å². The second-order valence-electron chi connectivity index (χ2n) is 7.54. The van der Waals surface area contributed by atoms with Crippen molar-refractivity contribution in [3.8, 4) is 0 Å². The molecular formula is C21H23ClN4O2. The Morgan fingerprint density at radius 3 is 2.75 bits per heavy atom. The van der Waals surface area contributed by atoms with E-state index in [1.54, 1.807) is 29.3 Å². The van der Waals surface area contributed by atoms with Crippen molar-refractivity contribution < 1.29 is 9.59 Å². The Hall–Kier alpha value is -2.60. The number of hydrogen-bond donors (Lipinski definition) is 2. The summed E-state index contributed by atoms with van der Waals surface area (Å²) in [6.07, 6.45) is 5.64. The number of amides is 2. The van der Waals surface area contributed by atoms with Crippen LogP contribution in [0.4, 0.5) is 11.5 Å². The molecule has 0 radical (unpaired) electrons. The topological polar surface area (TPSA) is 74.3 Å². The van der Waals surface area contributed by atoms with Crippen LogP contribution in [0.25, 0.3) is 0 Å². The molecule has 1 saturated carbocycles. The van der Waals surface area contributed by atoms with Crippen LogP contribution in [0.5, 0.6) is 0 Å². The van der Waals surface area contributed by atoms with Crippen molar-refractivity contribution in [3.63, 3.8) is 0 Å². The fraction of sp³-hybridized carbons (Fsp3) is 0.381. The summed E-state index contributed by atoms with van der Waals surface area (Å²) in [6, 6.07) is 9.14. The van der Waals surface area contributed by atoms with Gasteiger partial charge in [0.2, 0.25) is 5.91 Å². The second kappa shape index (κ2) is 7.43. The molecule has 0 bridgehead atoms. The Labute approximate surface area is 169 Å². The summed E-state index contributed by atoms with van der Waals surface area (Å²) in [5, 5.41) is 6.84. The van der Waals surface area contributed by atoms with E-state index in [9.17, 15) is 9.59 Å². The SMILES string of the molecule is CCCC1(NC(=O)c2cnc3c(c2)N(Cc2ccc(Cl)cc2)C(=O)CN3)CC1. The van der Waals surface area contributed by atoms with Crippen LogP contribution in [0.15, 0.2) is 36.5 Å². The van der Waals surface area contributed by atoms with Gasteiger partial charge < -0.3 is 15.5 Å². The molecule has 0 spiro atoms. The van der Waals surface area contributed by atoms with Crippen LogP contribution in [0, 0.1) is 0 Å². The standard InChI is InChI=1S/C21H23ClN4O2/c1-2-7-21(8-9-21)25-20(28)15-10-17-19(23-11-15)24-12-18(27)26(17)13-14-3-5-16(22)6-4-14/h3-6,10-11H,2,7-9,12-13H2,1H3,(H,23,24)(H,25,28). The molecule has 2 amide bonds. The van der Waals surface area contributed by atoms with E-state index in [1.807, 2.05) is 12.1 Å². The molecule has 7 heteroatoms. The van der Waals surface area contributed by atoms with Gasteiger partial charge in [0.15, 0.2) is 5.82 Å². The molecule has 2 aliphatic rings. The van der Waals surface area contributed by atoms with E-state index in [0.29, 0.717) is 28.6 Å². The number of fused-ring (bicyclic) bond motifs is 1. The minimum Gasteiger partial charge on any atom is -0.359 e. The smallest absolute Gasteiger partial charge is 0.253 e. The predicted octanol–water partition coefficient (Wildman–Crippen LogP) is 3.76. The molecule has 2 N–H and O–H groups in total. The number of carbonyl (C=O) groups excluding carboxylic acids is 2. The molecule has 6 nitrogen and oxygen atoms in total. The van der Waals surface area contributed by atoms with Crippen LogP contribution in [-0.2, 0) is 11.3 Å². The highest BCUT2D eigenvalue weighted by Crippen LogP contribution is 2.40. The van der Waals surface area contributed by atoms with Crippen LogP contribution >= 0.6 is 11.6 Å². The average molecular weight is 399 g/mol. The number of nitrogens with zero attached hydrogens (tertiary/aromatic N) is 2. The number of rotatable bonds is 6. The number of anilines is 2. The molecule has 0 saturated heterocycles. The number of pyridine rings is 1. The van der Waals surface area contributed by atoms with Crippen molar-refractivity contribution in [2.24, 2.45) is 0 Å². The van der Waals surface area contributed by atoms with Crippen LogP contribution in [0.1, 0.15) is 48.5 Å². The Balaban J connectivity index is 1.58. The third-order valence-corrected chi connectivity index (χ3v) is 5.60. The Morgan fingerprint density at radius 1 is 1.32 bits per heavy atom. The third kappa shape index (κ3) is 3.83. The zero-order chi connectivity index (χ0) is 19.7. The maximum absolute atomic E-state index is 12.8. The van der Waals surface area contributed by atoms with Gasteiger partial charge >= 0.3 is 0 Å². The summed E-state index contributed by atoms with van der Waals surface area (Å²) in [7, 11) is 0. The number of benzene rings is 1. The zero-order valence-corrected chi connectivity index (χ0v) is 16.6. The molecule has 4 rings (SSSR count). The van der Waals surface area contributed by atoms with Gasteiger partial charge in [-0.3, -0.25) is 9.59 Å². The van der Waals surface area contributed by atoms with Crippen molar-refractivity contribution in [2.45, 2.75) is 44.7 Å². The quantitative estimate of drug-likeness (QED) is 0.777. The van der Waals surface area contributed by atoms with E-state index in [4.69, 9.17) is 11.6 Å². The van der Waals surface area contributed by atoms with Gasteiger partial charge in [0.1, 0.15) is 0 Å². The first-order chi connectivity index (χ1) is 13.5. The number of nitrogens with one attached hydrogen (secondary N) is 2. The van der Waals surface area contributed by atoms with Crippen LogP contribution in [-0.4, -0.2) is 28.9 Å². The lowest BCUT2D eigenvalue weighted by molar-refractivity contribution is -0.117. The van der Waals surface area contributed by atoms with E-state index in [0.717, 1.165) is 31.2 Å². The molecule has 1 fully saturated rings. The highest BCUT2D eigenvalue weighted by molar-refractivity contribution is 6.30. The largest absolute Gasteiger partial charge is 0.359 e. The van der Waals surface area contributed by atoms with Crippen molar-refractivity contribution >= 4 is 34.9 Å². The summed E-state index contributed by atoms with van der Waals surface area (Å²) in [5.41, 5.74) is 2.00. The molecule has 1 aliphatic heterocycles. The Bertz CT molecular complexity index is 909. The molecule has 2 aromatic rings. The van der Waals surface area contributed by atoms with Crippen LogP contribution in [0.3, 0.4) is 0 Å². The first kappa shape index (κ1) is 18.7. The number of aromatic nitrogens is 1. The molecule has 146 valence electrons. The lowest BCUT2D eigenvalue weighted by Crippen LogP contribution is -2.40. The summed E-state index contributed by atoms with van der Waals surface area (Å²) in [6.45, 7) is 2.70. The zero-order valence-electron chi connectivity index (χ0n) is 15.8. The van der Waals surface area contributed by atoms with Crippen molar-refractivity contribution in [2.75, 3.05) is 16.8 Å². The summed E-state index contributed by atoms with van der Waals surface area (Å²) in [5.74, 6) is 0.414. The summed E-state index contributed by atoms with van der Waals surface area (Å²) < 4.78 is 0. The fourth-order valence-electron chi connectivity index (χ4n) is 3.63. The first-order valence-corrected chi connectivity index (χ1v) is 9.99. The Morgan fingerprint density at radius 2 is 2.07 bits per heavy atom. The number of carbonyl (C=O) groups is 2. The maximum Gasteiger partial charge on any atom is 0.253 e. The van der Waals surface area contributed by atoms with E-state index >= 15 is 0 Å². The van der Waals surface area contributed by atoms with E-state index < -0.39 is 0 Å². The van der Waals surface area contributed by atoms with Crippen molar-refractivity contribution in [1.29, 1.82) is 0 Å². The van der Waals surface area contributed by atoms with Gasteiger partial charge in [0, 0.05) is 16.8 Å². The van der Waals surface area contributed by atoms with Gasteiger partial charge in [-0.2, -0.15) is 0 Å². The van der Waals surface area contributed by atoms with Gasteiger partial charge in [0.25, 0.3) is 5.91 Å². The lowest BCUT2D eigenvalue weighted by Gasteiger charge is -2.30. The number of halogens is 1. The highest BCUT2D eigenvalue weighted by Gasteiger charge is 2.43. The lowest BCUT2D eigenvalue weighted by atomic mass is 10.1. The van der Waals surface area contributed by atoms with E-state index in [2.05, 4.69) is 22.5 Å². The van der Waals surface area contributed by atoms with Gasteiger partial charge in [-0.1, -0.05) is 37.1 Å². The molecule has 28 heavy (non-hydrogen) atoms.